The molecule has 2 aromatic rings. The molecule has 0 aliphatic heterocycles. The second kappa shape index (κ2) is 6.43. The summed E-state index contributed by atoms with van der Waals surface area (Å²) in [4.78, 5) is 11.7. The molecule has 0 fully saturated rings. The summed E-state index contributed by atoms with van der Waals surface area (Å²) in [5.74, 6) is -1.18. The van der Waals surface area contributed by atoms with Gasteiger partial charge in [-0.05, 0) is 57.9 Å². The number of amides is 1. The van der Waals surface area contributed by atoms with Crippen molar-refractivity contribution in [1.82, 2.24) is 0 Å². The average molecular weight is 338 g/mol. The van der Waals surface area contributed by atoms with E-state index in [2.05, 4.69) is 21.2 Å². The van der Waals surface area contributed by atoms with E-state index in [1.165, 1.54) is 36.4 Å². The number of anilines is 1. The van der Waals surface area contributed by atoms with E-state index >= 15 is 0 Å². The van der Waals surface area contributed by atoms with E-state index in [9.17, 15) is 13.6 Å². The van der Waals surface area contributed by atoms with Crippen LogP contribution in [-0.4, -0.2) is 5.91 Å². The lowest BCUT2D eigenvalue weighted by Crippen LogP contribution is -2.08. The lowest BCUT2D eigenvalue weighted by atomic mass is 10.2. The van der Waals surface area contributed by atoms with E-state index < -0.39 is 11.7 Å². The SMILES string of the molecule is O=C(/C=C/c1ccc(F)cc1)Nc1cc(F)ccc1Br. The summed E-state index contributed by atoms with van der Waals surface area (Å²) in [6.07, 6.45) is 2.84. The Morgan fingerprint density at radius 1 is 1.05 bits per heavy atom. The van der Waals surface area contributed by atoms with Crippen molar-refractivity contribution in [2.45, 2.75) is 0 Å². The van der Waals surface area contributed by atoms with Gasteiger partial charge in [0.25, 0.3) is 0 Å². The van der Waals surface area contributed by atoms with Crippen molar-refractivity contribution in [2.24, 2.45) is 0 Å². The topological polar surface area (TPSA) is 29.1 Å². The van der Waals surface area contributed by atoms with Crippen molar-refractivity contribution in [3.05, 3.63) is 70.2 Å². The second-order valence-corrected chi connectivity index (χ2v) is 4.85. The fraction of sp³-hybridized carbons (Fsp3) is 0. The minimum Gasteiger partial charge on any atom is -0.321 e. The van der Waals surface area contributed by atoms with E-state index in [4.69, 9.17) is 0 Å². The number of carbonyl (C=O) groups is 1. The average Bonchev–Trinajstić information content (AvgIpc) is 2.42. The van der Waals surface area contributed by atoms with Crippen LogP contribution in [0.5, 0.6) is 0 Å². The Balaban J connectivity index is 2.05. The van der Waals surface area contributed by atoms with Crippen molar-refractivity contribution in [3.63, 3.8) is 0 Å². The molecule has 1 N–H and O–H groups in total. The molecule has 2 rings (SSSR count). The fourth-order valence-electron chi connectivity index (χ4n) is 1.51. The summed E-state index contributed by atoms with van der Waals surface area (Å²) in [5, 5.41) is 2.55. The molecule has 0 bridgehead atoms. The number of benzene rings is 2. The van der Waals surface area contributed by atoms with Crippen LogP contribution in [0, 0.1) is 11.6 Å². The molecule has 0 atom stereocenters. The molecular formula is C15H10BrF2NO. The molecule has 0 saturated carbocycles. The maximum atomic E-state index is 13.1. The quantitative estimate of drug-likeness (QED) is 0.827. The van der Waals surface area contributed by atoms with Gasteiger partial charge in [-0.15, -0.1) is 0 Å². The number of hydrogen-bond acceptors (Lipinski definition) is 1. The monoisotopic (exact) mass is 337 g/mol. The van der Waals surface area contributed by atoms with Crippen LogP contribution in [0.2, 0.25) is 0 Å². The van der Waals surface area contributed by atoms with Crippen molar-refractivity contribution in [3.8, 4) is 0 Å². The molecule has 0 radical (unpaired) electrons. The third-order valence-corrected chi connectivity index (χ3v) is 3.17. The zero-order valence-electron chi connectivity index (χ0n) is 10.2. The van der Waals surface area contributed by atoms with Gasteiger partial charge in [-0.25, -0.2) is 8.78 Å². The van der Waals surface area contributed by atoms with Crippen LogP contribution < -0.4 is 5.32 Å². The molecule has 102 valence electrons. The van der Waals surface area contributed by atoms with Gasteiger partial charge in [0, 0.05) is 10.5 Å². The fourth-order valence-corrected chi connectivity index (χ4v) is 1.86. The smallest absolute Gasteiger partial charge is 0.248 e. The summed E-state index contributed by atoms with van der Waals surface area (Å²) in [7, 11) is 0. The molecule has 0 aromatic heterocycles. The van der Waals surface area contributed by atoms with E-state index in [0.717, 1.165) is 0 Å². The maximum Gasteiger partial charge on any atom is 0.248 e. The van der Waals surface area contributed by atoms with E-state index in [1.807, 2.05) is 0 Å². The molecule has 2 aromatic carbocycles. The van der Waals surface area contributed by atoms with Crippen molar-refractivity contribution in [2.75, 3.05) is 5.32 Å². The molecule has 5 heteroatoms. The van der Waals surface area contributed by atoms with Crippen LogP contribution in [0.4, 0.5) is 14.5 Å². The largest absolute Gasteiger partial charge is 0.321 e. The maximum absolute atomic E-state index is 13.1. The van der Waals surface area contributed by atoms with Crippen LogP contribution in [0.25, 0.3) is 6.08 Å². The van der Waals surface area contributed by atoms with Gasteiger partial charge in [0.1, 0.15) is 11.6 Å². The minimum atomic E-state index is -0.439. The van der Waals surface area contributed by atoms with Gasteiger partial charge < -0.3 is 5.32 Å². The van der Waals surface area contributed by atoms with Gasteiger partial charge in [-0.1, -0.05) is 12.1 Å². The van der Waals surface area contributed by atoms with Crippen molar-refractivity contribution in [1.29, 1.82) is 0 Å². The molecule has 0 saturated heterocycles. The van der Waals surface area contributed by atoms with E-state index in [1.54, 1.807) is 18.2 Å². The van der Waals surface area contributed by atoms with Crippen LogP contribution in [0.3, 0.4) is 0 Å². The second-order valence-electron chi connectivity index (χ2n) is 4.00. The minimum absolute atomic E-state index is 0.338. The zero-order valence-corrected chi connectivity index (χ0v) is 11.8. The molecule has 0 aliphatic rings. The molecule has 2 nitrogen and oxygen atoms in total. The highest BCUT2D eigenvalue weighted by atomic mass is 79.9. The van der Waals surface area contributed by atoms with Gasteiger partial charge in [0.05, 0.1) is 5.69 Å². The third kappa shape index (κ3) is 3.99. The summed E-state index contributed by atoms with van der Waals surface area (Å²) in [6.45, 7) is 0. The Bertz CT molecular complexity index is 653. The lowest BCUT2D eigenvalue weighted by Gasteiger charge is -2.04. The Morgan fingerprint density at radius 3 is 2.40 bits per heavy atom. The summed E-state index contributed by atoms with van der Waals surface area (Å²) < 4.78 is 26.4. The Kier molecular flexibility index (Phi) is 4.63. The molecule has 0 aliphatic carbocycles. The molecule has 20 heavy (non-hydrogen) atoms. The lowest BCUT2D eigenvalue weighted by molar-refractivity contribution is -0.111. The number of hydrogen-bond donors (Lipinski definition) is 1. The molecule has 0 spiro atoms. The highest BCUT2D eigenvalue weighted by molar-refractivity contribution is 9.10. The highest BCUT2D eigenvalue weighted by Gasteiger charge is 2.04. The number of nitrogens with one attached hydrogen (secondary N) is 1. The molecular weight excluding hydrogens is 328 g/mol. The first-order valence-electron chi connectivity index (χ1n) is 5.74. The van der Waals surface area contributed by atoms with Gasteiger partial charge in [-0.3, -0.25) is 4.79 Å². The first-order chi connectivity index (χ1) is 9.54. The van der Waals surface area contributed by atoms with Gasteiger partial charge in [0.15, 0.2) is 0 Å². The summed E-state index contributed by atoms with van der Waals surface area (Å²) >= 11 is 3.22. The predicted octanol–water partition coefficient (Wildman–Crippen LogP) is 4.38. The number of carbonyl (C=O) groups excluding carboxylic acids is 1. The highest BCUT2D eigenvalue weighted by Crippen LogP contribution is 2.23. The molecule has 1 amide bonds. The predicted molar refractivity (Wildman–Crippen MR) is 78.2 cm³/mol. The standard InChI is InChI=1S/C15H10BrF2NO/c16-13-7-6-12(18)9-14(13)19-15(20)8-3-10-1-4-11(17)5-2-10/h1-9H,(H,19,20)/b8-3+. The van der Waals surface area contributed by atoms with Gasteiger partial charge >= 0.3 is 0 Å². The number of halogens is 3. The molecule has 0 unspecified atom stereocenters. The Morgan fingerprint density at radius 2 is 1.70 bits per heavy atom. The van der Waals surface area contributed by atoms with E-state index in [0.29, 0.717) is 15.7 Å². The van der Waals surface area contributed by atoms with Crippen molar-refractivity contribution < 1.29 is 13.6 Å². The van der Waals surface area contributed by atoms with Gasteiger partial charge in [0.2, 0.25) is 5.91 Å². The van der Waals surface area contributed by atoms with Crippen LogP contribution in [0.1, 0.15) is 5.56 Å². The van der Waals surface area contributed by atoms with Crippen LogP contribution in [-0.2, 0) is 4.79 Å². The number of rotatable bonds is 3. The Hall–Kier alpha value is -2.01. The first-order valence-corrected chi connectivity index (χ1v) is 6.53. The normalized spacial score (nSPS) is 10.8. The summed E-state index contributed by atoms with van der Waals surface area (Å²) in [6, 6.07) is 9.73. The van der Waals surface area contributed by atoms with Crippen molar-refractivity contribution >= 4 is 33.6 Å². The molecule has 0 heterocycles. The third-order valence-electron chi connectivity index (χ3n) is 2.48. The zero-order chi connectivity index (χ0) is 14.5. The van der Waals surface area contributed by atoms with E-state index in [-0.39, 0.29) is 5.82 Å². The first kappa shape index (κ1) is 14.4. The van der Waals surface area contributed by atoms with Crippen LogP contribution in [0.15, 0.2) is 53.0 Å². The van der Waals surface area contributed by atoms with Crippen LogP contribution >= 0.6 is 15.9 Å². The Labute approximate surface area is 123 Å². The summed E-state index contributed by atoms with van der Waals surface area (Å²) in [5.41, 5.74) is 1.04. The van der Waals surface area contributed by atoms with Gasteiger partial charge in [-0.2, -0.15) is 0 Å².